The third-order valence-corrected chi connectivity index (χ3v) is 5.69. The van der Waals surface area contributed by atoms with Gasteiger partial charge in [-0.05, 0) is 47.5 Å². The van der Waals surface area contributed by atoms with Crippen LogP contribution in [0.15, 0.2) is 67.3 Å². The Morgan fingerprint density at radius 1 is 1.03 bits per heavy atom. The van der Waals surface area contributed by atoms with E-state index in [4.69, 9.17) is 0 Å². The van der Waals surface area contributed by atoms with Gasteiger partial charge in [0.15, 0.2) is 5.82 Å². The Balaban J connectivity index is 1.40. The van der Waals surface area contributed by atoms with E-state index in [0.717, 1.165) is 33.2 Å². The number of aromatic nitrogens is 5. The smallest absolute Gasteiger partial charge is 0.158 e. The molecular formula is C24H24FN7O2. The molecule has 0 unspecified atom stereocenters. The lowest BCUT2D eigenvalue weighted by Crippen LogP contribution is -2.35. The van der Waals surface area contributed by atoms with E-state index >= 15 is 0 Å². The maximum absolute atomic E-state index is 13.5. The van der Waals surface area contributed by atoms with Crippen molar-refractivity contribution in [3.05, 3.63) is 84.2 Å². The van der Waals surface area contributed by atoms with Gasteiger partial charge in [-0.15, -0.1) is 0 Å². The average Bonchev–Trinajstić information content (AvgIpc) is 3.44. The third kappa shape index (κ3) is 4.46. The average molecular weight is 462 g/mol. The summed E-state index contributed by atoms with van der Waals surface area (Å²) in [6, 6.07) is 13.9. The van der Waals surface area contributed by atoms with E-state index in [2.05, 4.69) is 25.8 Å². The summed E-state index contributed by atoms with van der Waals surface area (Å²) in [5.41, 5.74) is 4.34. The van der Waals surface area contributed by atoms with Crippen LogP contribution in [0.25, 0.3) is 16.4 Å². The lowest BCUT2D eigenvalue weighted by Gasteiger charge is -2.13. The zero-order chi connectivity index (χ0) is 23.5. The summed E-state index contributed by atoms with van der Waals surface area (Å²) in [6.07, 6.45) is 5.10. The van der Waals surface area contributed by atoms with E-state index < -0.39 is 6.04 Å². The molecule has 5 rings (SSSR count). The quantitative estimate of drug-likeness (QED) is 0.267. The van der Waals surface area contributed by atoms with Gasteiger partial charge in [0.25, 0.3) is 0 Å². The molecule has 0 aliphatic carbocycles. The monoisotopic (exact) mass is 461 g/mol. The number of anilines is 2. The minimum Gasteiger partial charge on any atom is -0.395 e. The highest BCUT2D eigenvalue weighted by Crippen LogP contribution is 2.26. The summed E-state index contributed by atoms with van der Waals surface area (Å²) in [6.45, 7) is 0.605. The van der Waals surface area contributed by atoms with E-state index in [1.165, 1.54) is 18.5 Å². The number of hydrogen-bond acceptors (Lipinski definition) is 7. The fraction of sp³-hybridized carbons (Fsp3) is 0.208. The molecule has 0 bridgehead atoms. The molecule has 0 fully saturated rings. The van der Waals surface area contributed by atoms with Gasteiger partial charge in [-0.25, -0.2) is 13.9 Å². The molecule has 3 heterocycles. The first-order valence-electron chi connectivity index (χ1n) is 10.9. The Hall–Kier alpha value is -3.86. The van der Waals surface area contributed by atoms with E-state index in [1.54, 1.807) is 16.8 Å². The molecule has 34 heavy (non-hydrogen) atoms. The summed E-state index contributed by atoms with van der Waals surface area (Å²) < 4.78 is 17.1. The number of nitrogens with zero attached hydrogens (tertiary/aromatic N) is 5. The summed E-state index contributed by atoms with van der Waals surface area (Å²) in [7, 11) is 0. The zero-order valence-electron chi connectivity index (χ0n) is 18.3. The Morgan fingerprint density at radius 2 is 1.91 bits per heavy atom. The summed E-state index contributed by atoms with van der Waals surface area (Å²) in [5, 5.41) is 34.8. The van der Waals surface area contributed by atoms with Crippen molar-refractivity contribution in [3.8, 4) is 0 Å². The molecule has 174 valence electrons. The first-order chi connectivity index (χ1) is 16.6. The molecule has 0 aliphatic rings. The number of fused-ring (bicyclic) bond motifs is 2. The van der Waals surface area contributed by atoms with E-state index in [1.807, 2.05) is 41.2 Å². The first kappa shape index (κ1) is 22.0. The van der Waals surface area contributed by atoms with E-state index in [0.29, 0.717) is 18.9 Å². The van der Waals surface area contributed by atoms with Crippen molar-refractivity contribution in [1.29, 1.82) is 0 Å². The number of hydrogen-bond donors (Lipinski definition) is 4. The fourth-order valence-electron chi connectivity index (χ4n) is 3.93. The summed E-state index contributed by atoms with van der Waals surface area (Å²) >= 11 is 0. The van der Waals surface area contributed by atoms with Gasteiger partial charge in [0, 0.05) is 23.8 Å². The number of rotatable bonds is 9. The van der Waals surface area contributed by atoms with Crippen LogP contribution in [0.3, 0.4) is 0 Å². The van der Waals surface area contributed by atoms with Crippen molar-refractivity contribution >= 4 is 27.9 Å². The van der Waals surface area contributed by atoms with Crippen molar-refractivity contribution < 1.29 is 14.6 Å². The van der Waals surface area contributed by atoms with Gasteiger partial charge in [-0.3, -0.25) is 4.68 Å². The second kappa shape index (κ2) is 9.56. The third-order valence-electron chi connectivity index (χ3n) is 5.69. The minimum absolute atomic E-state index is 0.156. The van der Waals surface area contributed by atoms with Gasteiger partial charge < -0.3 is 20.8 Å². The first-order valence-corrected chi connectivity index (χ1v) is 10.9. The summed E-state index contributed by atoms with van der Waals surface area (Å²) in [5.74, 6) is 0.368. The molecule has 0 amide bonds. The zero-order valence-corrected chi connectivity index (χ0v) is 18.3. The van der Waals surface area contributed by atoms with Crippen molar-refractivity contribution in [2.45, 2.75) is 19.1 Å². The van der Waals surface area contributed by atoms with Crippen LogP contribution in [0.1, 0.15) is 11.1 Å². The second-order valence-corrected chi connectivity index (χ2v) is 8.02. The number of aliphatic hydroxyl groups excluding tert-OH is 2. The Labute approximate surface area is 194 Å². The van der Waals surface area contributed by atoms with Crippen LogP contribution < -0.4 is 10.6 Å². The van der Waals surface area contributed by atoms with Crippen LogP contribution in [0.2, 0.25) is 0 Å². The van der Waals surface area contributed by atoms with Gasteiger partial charge in [0.2, 0.25) is 0 Å². The highest BCUT2D eigenvalue weighted by atomic mass is 19.1. The standard InChI is InChI=1S/C24H24FN7O2/c25-19-3-1-2-16(8-19)12-32-22-5-4-20(9-18(22)11-28-32)30-24-23-17(10-26-21(13-33)14-34)6-7-31(23)29-15-27-24/h1-9,11,15,21,26,33-34H,10,12-14H2,(H,27,29,30). The molecule has 9 nitrogen and oxygen atoms in total. The SMILES string of the molecule is OCC(CO)NCc1ccn2ncnc(Nc3ccc4c(cnn4Cc4cccc(F)c4)c3)c12. The van der Waals surface area contributed by atoms with Gasteiger partial charge in [-0.1, -0.05) is 12.1 Å². The maximum Gasteiger partial charge on any atom is 0.158 e. The predicted molar refractivity (Wildman–Crippen MR) is 126 cm³/mol. The highest BCUT2D eigenvalue weighted by Gasteiger charge is 2.13. The Bertz CT molecular complexity index is 1430. The van der Waals surface area contributed by atoms with Crippen molar-refractivity contribution in [3.63, 3.8) is 0 Å². The number of benzene rings is 2. The summed E-state index contributed by atoms with van der Waals surface area (Å²) in [4.78, 5) is 4.43. The number of nitrogens with one attached hydrogen (secondary N) is 2. The van der Waals surface area contributed by atoms with Gasteiger partial charge in [0.1, 0.15) is 17.7 Å². The number of halogens is 1. The molecule has 0 spiro atoms. The molecule has 3 aromatic heterocycles. The van der Waals surface area contributed by atoms with E-state index in [9.17, 15) is 14.6 Å². The molecule has 0 radical (unpaired) electrons. The van der Waals surface area contributed by atoms with Crippen LogP contribution in [-0.2, 0) is 13.1 Å². The van der Waals surface area contributed by atoms with Gasteiger partial charge in [0.05, 0.1) is 37.5 Å². The molecule has 5 aromatic rings. The lowest BCUT2D eigenvalue weighted by molar-refractivity contribution is 0.170. The van der Waals surface area contributed by atoms with Crippen molar-refractivity contribution in [2.24, 2.45) is 0 Å². The van der Waals surface area contributed by atoms with E-state index in [-0.39, 0.29) is 19.0 Å². The molecule has 0 saturated heterocycles. The van der Waals surface area contributed by atoms with Crippen LogP contribution in [0.4, 0.5) is 15.9 Å². The van der Waals surface area contributed by atoms with Crippen LogP contribution in [-0.4, -0.2) is 53.8 Å². The minimum atomic E-state index is -0.401. The maximum atomic E-state index is 13.5. The molecule has 10 heteroatoms. The molecule has 0 atom stereocenters. The van der Waals surface area contributed by atoms with Crippen LogP contribution >= 0.6 is 0 Å². The lowest BCUT2D eigenvalue weighted by atomic mass is 10.2. The van der Waals surface area contributed by atoms with Crippen LogP contribution in [0.5, 0.6) is 0 Å². The van der Waals surface area contributed by atoms with Crippen LogP contribution in [0, 0.1) is 5.82 Å². The molecule has 4 N–H and O–H groups in total. The Kier molecular flexibility index (Phi) is 6.17. The van der Waals surface area contributed by atoms with Gasteiger partial charge in [-0.2, -0.15) is 10.2 Å². The van der Waals surface area contributed by atoms with Crippen molar-refractivity contribution in [2.75, 3.05) is 18.5 Å². The topological polar surface area (TPSA) is 113 Å². The number of aliphatic hydroxyl groups is 2. The molecule has 0 saturated carbocycles. The highest BCUT2D eigenvalue weighted by molar-refractivity contribution is 5.85. The van der Waals surface area contributed by atoms with Crippen molar-refractivity contribution in [1.82, 2.24) is 29.7 Å². The second-order valence-electron chi connectivity index (χ2n) is 8.02. The largest absolute Gasteiger partial charge is 0.395 e. The molecule has 0 aliphatic heterocycles. The fourth-order valence-corrected chi connectivity index (χ4v) is 3.93. The predicted octanol–water partition coefficient (Wildman–Crippen LogP) is 2.45. The molecular weight excluding hydrogens is 437 g/mol. The van der Waals surface area contributed by atoms with Gasteiger partial charge >= 0.3 is 0 Å². The Morgan fingerprint density at radius 3 is 2.74 bits per heavy atom. The normalized spacial score (nSPS) is 11.6. The molecule has 2 aromatic carbocycles.